The lowest BCUT2D eigenvalue weighted by molar-refractivity contribution is -0.132. The number of hydrogen-bond donors (Lipinski definition) is 0. The summed E-state index contributed by atoms with van der Waals surface area (Å²) in [4.78, 5) is 17.6. The van der Waals surface area contributed by atoms with Crippen LogP contribution in [0.1, 0.15) is 6.92 Å². The third kappa shape index (κ3) is 3.45. The second-order valence-electron chi connectivity index (χ2n) is 2.68. The number of sulfone groups is 1. The minimum atomic E-state index is -3.51. The van der Waals surface area contributed by atoms with Gasteiger partial charge in [0.2, 0.25) is 11.2 Å². The molecular weight excluding hydrogens is 244 g/mol. The van der Waals surface area contributed by atoms with Gasteiger partial charge in [-0.25, -0.2) is 13.4 Å². The molecule has 1 aromatic heterocycles. The highest BCUT2D eigenvalue weighted by molar-refractivity contribution is 7.90. The molecule has 0 aliphatic heterocycles. The number of aromatic nitrogens is 2. The van der Waals surface area contributed by atoms with Crippen LogP contribution in [0.4, 0.5) is 0 Å². The van der Waals surface area contributed by atoms with E-state index in [9.17, 15) is 13.2 Å². The van der Waals surface area contributed by atoms with Gasteiger partial charge in [-0.15, -0.1) is 0 Å². The topological polar surface area (TPSA) is 86.2 Å². The molecule has 1 aromatic rings. The molecule has 0 spiro atoms. The van der Waals surface area contributed by atoms with Crippen LogP contribution < -0.4 is 4.74 Å². The van der Waals surface area contributed by atoms with Crippen molar-refractivity contribution in [2.24, 2.45) is 0 Å². The van der Waals surface area contributed by atoms with E-state index in [0.29, 0.717) is 0 Å². The number of hydrogen-bond acceptors (Lipinski definition) is 6. The number of carbonyl (C=O) groups is 1. The van der Waals surface area contributed by atoms with Gasteiger partial charge >= 0.3 is 5.97 Å². The monoisotopic (exact) mass is 250 g/mol. The van der Waals surface area contributed by atoms with Crippen molar-refractivity contribution < 1.29 is 17.9 Å². The van der Waals surface area contributed by atoms with Gasteiger partial charge in [-0.2, -0.15) is 4.98 Å². The van der Waals surface area contributed by atoms with Crippen molar-refractivity contribution >= 4 is 27.4 Å². The summed E-state index contributed by atoms with van der Waals surface area (Å²) in [6.45, 7) is 1.16. The van der Waals surface area contributed by atoms with Crippen LogP contribution in [0, 0.1) is 0 Å². The average Bonchev–Trinajstić information content (AvgIpc) is 1.99. The molecule has 0 atom stereocenters. The first-order chi connectivity index (χ1) is 6.79. The van der Waals surface area contributed by atoms with Crippen molar-refractivity contribution in [3.05, 3.63) is 11.3 Å². The molecule has 82 valence electrons. The van der Waals surface area contributed by atoms with E-state index in [1.807, 2.05) is 0 Å². The zero-order valence-corrected chi connectivity index (χ0v) is 9.46. The summed E-state index contributed by atoms with van der Waals surface area (Å²) < 4.78 is 26.9. The number of carbonyl (C=O) groups excluding carboxylic acids is 1. The molecule has 0 aliphatic carbocycles. The maximum atomic E-state index is 11.1. The Morgan fingerprint density at radius 3 is 2.53 bits per heavy atom. The maximum Gasteiger partial charge on any atom is 0.309 e. The zero-order valence-electron chi connectivity index (χ0n) is 7.89. The van der Waals surface area contributed by atoms with E-state index in [1.165, 1.54) is 0 Å². The summed E-state index contributed by atoms with van der Waals surface area (Å²) in [5, 5.41) is -0.590. The number of halogens is 1. The van der Waals surface area contributed by atoms with Crippen molar-refractivity contribution in [1.82, 2.24) is 9.97 Å². The lowest BCUT2D eigenvalue weighted by atomic mass is 10.6. The normalized spacial score (nSPS) is 11.1. The summed E-state index contributed by atoms with van der Waals surface area (Å²) in [6, 6.07) is 1.03. The minimum Gasteiger partial charge on any atom is -0.407 e. The summed E-state index contributed by atoms with van der Waals surface area (Å²) in [5.74, 6) is -0.813. The molecule has 0 aliphatic rings. The van der Waals surface area contributed by atoms with Crippen molar-refractivity contribution in [3.63, 3.8) is 0 Å². The molecule has 1 rings (SSSR count). The fraction of sp³-hybridized carbons (Fsp3) is 0.286. The van der Waals surface area contributed by atoms with Gasteiger partial charge in [-0.3, -0.25) is 4.79 Å². The SMILES string of the molecule is CC(=O)Oc1cc(S(C)(=O)=O)nc(Cl)n1. The van der Waals surface area contributed by atoms with Crippen molar-refractivity contribution in [2.45, 2.75) is 11.9 Å². The molecule has 0 saturated carbocycles. The summed E-state index contributed by atoms with van der Waals surface area (Å²) >= 11 is 5.46. The van der Waals surface area contributed by atoms with Gasteiger partial charge in [0.15, 0.2) is 14.9 Å². The van der Waals surface area contributed by atoms with E-state index in [-0.39, 0.29) is 16.2 Å². The van der Waals surface area contributed by atoms with Crippen molar-refractivity contribution in [1.29, 1.82) is 0 Å². The highest BCUT2D eigenvalue weighted by atomic mass is 35.5. The summed E-state index contributed by atoms with van der Waals surface area (Å²) in [6.07, 6.45) is 0.962. The molecular formula is C7H7ClN2O4S. The lowest BCUT2D eigenvalue weighted by Gasteiger charge is -2.02. The highest BCUT2D eigenvalue weighted by Crippen LogP contribution is 2.16. The van der Waals surface area contributed by atoms with Gasteiger partial charge in [0.05, 0.1) is 0 Å². The molecule has 0 unspecified atom stereocenters. The van der Waals surface area contributed by atoms with E-state index in [4.69, 9.17) is 11.6 Å². The van der Waals surface area contributed by atoms with Crippen molar-refractivity contribution in [3.8, 4) is 5.88 Å². The molecule has 0 bridgehead atoms. The fourth-order valence-electron chi connectivity index (χ4n) is 0.767. The van der Waals surface area contributed by atoms with Crippen LogP contribution in [0.25, 0.3) is 0 Å². The van der Waals surface area contributed by atoms with Crippen LogP contribution >= 0.6 is 11.6 Å². The Morgan fingerprint density at radius 2 is 2.07 bits per heavy atom. The number of rotatable bonds is 2. The molecule has 0 fully saturated rings. The van der Waals surface area contributed by atoms with Crippen LogP contribution in [0.3, 0.4) is 0 Å². The zero-order chi connectivity index (χ0) is 11.6. The molecule has 0 amide bonds. The van der Waals surface area contributed by atoms with Crippen LogP contribution in [-0.4, -0.2) is 30.6 Å². The third-order valence-electron chi connectivity index (χ3n) is 1.28. The minimum absolute atomic E-state index is 0.192. The predicted octanol–water partition coefficient (Wildman–Crippen LogP) is 0.459. The molecule has 0 N–H and O–H groups in total. The van der Waals surface area contributed by atoms with E-state index in [2.05, 4.69) is 14.7 Å². The highest BCUT2D eigenvalue weighted by Gasteiger charge is 2.14. The Morgan fingerprint density at radius 1 is 1.47 bits per heavy atom. The first-order valence-corrected chi connectivity index (χ1v) is 5.99. The Bertz CT molecular complexity index is 500. The molecule has 0 aromatic carbocycles. The van der Waals surface area contributed by atoms with Gasteiger partial charge in [0.1, 0.15) is 0 Å². The van der Waals surface area contributed by atoms with E-state index in [1.54, 1.807) is 0 Å². The van der Waals surface area contributed by atoms with Gasteiger partial charge < -0.3 is 4.74 Å². The van der Waals surface area contributed by atoms with Gasteiger partial charge in [-0.1, -0.05) is 0 Å². The molecule has 1 heterocycles. The van der Waals surface area contributed by atoms with Gasteiger partial charge in [-0.05, 0) is 11.6 Å². The van der Waals surface area contributed by atoms with Gasteiger partial charge in [0.25, 0.3) is 0 Å². The second-order valence-corrected chi connectivity index (χ2v) is 4.98. The van der Waals surface area contributed by atoms with E-state index in [0.717, 1.165) is 19.2 Å². The predicted molar refractivity (Wildman–Crippen MR) is 51.5 cm³/mol. The van der Waals surface area contributed by atoms with Crippen LogP contribution in [0.5, 0.6) is 5.88 Å². The molecule has 0 saturated heterocycles. The first-order valence-electron chi connectivity index (χ1n) is 3.72. The summed E-state index contributed by atoms with van der Waals surface area (Å²) in [5.41, 5.74) is 0. The number of esters is 1. The largest absolute Gasteiger partial charge is 0.407 e. The standard InChI is InChI=1S/C7H7ClN2O4S/c1-4(11)14-5-3-6(15(2,12)13)10-7(8)9-5/h3H,1-2H3. The number of nitrogens with zero attached hydrogens (tertiary/aromatic N) is 2. The van der Waals surface area contributed by atoms with Crippen LogP contribution in [-0.2, 0) is 14.6 Å². The Kier molecular flexibility index (Phi) is 3.25. The van der Waals surface area contributed by atoms with Gasteiger partial charge in [0, 0.05) is 19.2 Å². The van der Waals surface area contributed by atoms with Crippen molar-refractivity contribution in [2.75, 3.05) is 6.26 Å². The van der Waals surface area contributed by atoms with Crippen LogP contribution in [0.2, 0.25) is 5.28 Å². The third-order valence-corrected chi connectivity index (χ3v) is 2.42. The summed E-state index contributed by atoms with van der Waals surface area (Å²) in [7, 11) is -3.51. The fourth-order valence-corrected chi connectivity index (χ4v) is 1.56. The Hall–Kier alpha value is -1.21. The molecule has 0 radical (unpaired) electrons. The quantitative estimate of drug-likeness (QED) is 0.431. The second kappa shape index (κ2) is 4.11. The van der Waals surface area contributed by atoms with E-state index >= 15 is 0 Å². The number of ether oxygens (including phenoxy) is 1. The smallest absolute Gasteiger partial charge is 0.309 e. The molecule has 15 heavy (non-hydrogen) atoms. The van der Waals surface area contributed by atoms with E-state index < -0.39 is 15.8 Å². The molecule has 6 nitrogen and oxygen atoms in total. The van der Waals surface area contributed by atoms with Crippen LogP contribution in [0.15, 0.2) is 11.1 Å². The maximum absolute atomic E-state index is 11.1. The average molecular weight is 251 g/mol. The molecule has 8 heteroatoms. The first kappa shape index (κ1) is 11.9. The Balaban J connectivity index is 3.23. The lowest BCUT2D eigenvalue weighted by Crippen LogP contribution is -2.07. The Labute approximate surface area is 91.2 Å².